The number of carbonyl (C=O) groups is 1. The predicted octanol–water partition coefficient (Wildman–Crippen LogP) is 2.48. The molecular weight excluding hydrogens is 190 g/mol. The summed E-state index contributed by atoms with van der Waals surface area (Å²) in [5.41, 5.74) is 5.44. The van der Waals surface area contributed by atoms with Gasteiger partial charge < -0.3 is 10.5 Å². The zero-order valence-electron chi connectivity index (χ0n) is 10.3. The van der Waals surface area contributed by atoms with Crippen LogP contribution in [0.25, 0.3) is 0 Å². The van der Waals surface area contributed by atoms with E-state index in [0.717, 1.165) is 25.7 Å². The highest BCUT2D eigenvalue weighted by Gasteiger charge is 2.10. The Labute approximate surface area is 93.4 Å². The van der Waals surface area contributed by atoms with Gasteiger partial charge in [-0.3, -0.25) is 4.79 Å². The van der Waals surface area contributed by atoms with Gasteiger partial charge in [-0.15, -0.1) is 0 Å². The Hall–Kier alpha value is -0.570. The third-order valence-electron chi connectivity index (χ3n) is 2.53. The van der Waals surface area contributed by atoms with Crippen molar-refractivity contribution in [1.82, 2.24) is 0 Å². The Kier molecular flexibility index (Phi) is 8.38. The van der Waals surface area contributed by atoms with Crippen molar-refractivity contribution in [3.8, 4) is 0 Å². The van der Waals surface area contributed by atoms with Crippen LogP contribution >= 0.6 is 0 Å². The molecule has 0 saturated carbocycles. The summed E-state index contributed by atoms with van der Waals surface area (Å²) in [6.07, 6.45) is 4.46. The van der Waals surface area contributed by atoms with Gasteiger partial charge in [0.15, 0.2) is 0 Å². The van der Waals surface area contributed by atoms with Crippen LogP contribution in [0.4, 0.5) is 0 Å². The molecule has 0 heterocycles. The summed E-state index contributed by atoms with van der Waals surface area (Å²) < 4.78 is 5.25. The molecule has 2 atom stereocenters. The van der Waals surface area contributed by atoms with Gasteiger partial charge in [-0.1, -0.05) is 20.3 Å². The minimum absolute atomic E-state index is 0.0623. The van der Waals surface area contributed by atoms with Crippen LogP contribution in [0.2, 0.25) is 0 Å². The lowest BCUT2D eigenvalue weighted by atomic mass is 10.0. The summed E-state index contributed by atoms with van der Waals surface area (Å²) in [4.78, 5) is 11.4. The quantitative estimate of drug-likeness (QED) is 0.633. The van der Waals surface area contributed by atoms with Crippen molar-refractivity contribution >= 4 is 5.97 Å². The van der Waals surface area contributed by atoms with E-state index in [2.05, 4.69) is 13.8 Å². The van der Waals surface area contributed by atoms with Crippen LogP contribution in [0.1, 0.15) is 52.9 Å². The Balaban J connectivity index is 3.56. The van der Waals surface area contributed by atoms with E-state index in [9.17, 15) is 4.79 Å². The third kappa shape index (κ3) is 8.43. The fourth-order valence-corrected chi connectivity index (χ4v) is 1.54. The van der Waals surface area contributed by atoms with Gasteiger partial charge in [0.25, 0.3) is 0 Å². The zero-order valence-corrected chi connectivity index (χ0v) is 10.3. The number of nitrogens with two attached hydrogens (primary N) is 1. The Morgan fingerprint density at radius 1 is 1.27 bits per heavy atom. The van der Waals surface area contributed by atoms with E-state index in [1.54, 1.807) is 0 Å². The van der Waals surface area contributed by atoms with Crippen molar-refractivity contribution in [2.75, 3.05) is 6.54 Å². The predicted molar refractivity (Wildman–Crippen MR) is 62.5 cm³/mol. The van der Waals surface area contributed by atoms with E-state index in [1.807, 2.05) is 6.92 Å². The molecule has 0 saturated heterocycles. The van der Waals surface area contributed by atoms with Crippen molar-refractivity contribution in [1.29, 1.82) is 0 Å². The van der Waals surface area contributed by atoms with Gasteiger partial charge in [-0.25, -0.2) is 0 Å². The first-order chi connectivity index (χ1) is 7.10. The fourth-order valence-electron chi connectivity index (χ4n) is 1.54. The Morgan fingerprint density at radius 3 is 2.47 bits per heavy atom. The van der Waals surface area contributed by atoms with Crippen LogP contribution in [-0.4, -0.2) is 18.6 Å². The van der Waals surface area contributed by atoms with E-state index in [-0.39, 0.29) is 12.1 Å². The molecule has 0 rings (SSSR count). The summed E-state index contributed by atoms with van der Waals surface area (Å²) in [5.74, 6) is 0.448. The molecule has 3 nitrogen and oxygen atoms in total. The molecule has 0 radical (unpaired) electrons. The average molecular weight is 215 g/mol. The lowest BCUT2D eigenvalue weighted by Crippen LogP contribution is -2.15. The molecule has 0 bridgehead atoms. The largest absolute Gasteiger partial charge is 0.463 e. The Bertz CT molecular complexity index is 171. The van der Waals surface area contributed by atoms with E-state index in [0.29, 0.717) is 18.9 Å². The SMILES string of the molecule is CCCC(C)OC(=O)CCC(C)CCN. The van der Waals surface area contributed by atoms with E-state index in [4.69, 9.17) is 10.5 Å². The molecule has 0 aliphatic carbocycles. The van der Waals surface area contributed by atoms with Crippen LogP contribution in [0, 0.1) is 5.92 Å². The second-order valence-electron chi connectivity index (χ2n) is 4.31. The van der Waals surface area contributed by atoms with E-state index >= 15 is 0 Å². The van der Waals surface area contributed by atoms with Crippen LogP contribution in [0.3, 0.4) is 0 Å². The molecule has 15 heavy (non-hydrogen) atoms. The number of rotatable bonds is 8. The van der Waals surface area contributed by atoms with Gasteiger partial charge in [-0.2, -0.15) is 0 Å². The van der Waals surface area contributed by atoms with Crippen LogP contribution in [0.15, 0.2) is 0 Å². The van der Waals surface area contributed by atoms with Gasteiger partial charge in [0.1, 0.15) is 0 Å². The van der Waals surface area contributed by atoms with Crippen LogP contribution < -0.4 is 5.73 Å². The number of hydrogen-bond donors (Lipinski definition) is 1. The van der Waals surface area contributed by atoms with Gasteiger partial charge in [-0.05, 0) is 38.6 Å². The molecular formula is C12H25NO2. The molecule has 2 N–H and O–H groups in total. The number of hydrogen-bond acceptors (Lipinski definition) is 3. The standard InChI is InChI=1S/C12H25NO2/c1-4-5-11(3)15-12(14)7-6-10(2)8-9-13/h10-11H,4-9,13H2,1-3H3. The van der Waals surface area contributed by atoms with Gasteiger partial charge in [0, 0.05) is 6.42 Å². The molecule has 0 aromatic heterocycles. The topological polar surface area (TPSA) is 52.3 Å². The lowest BCUT2D eigenvalue weighted by molar-refractivity contribution is -0.148. The summed E-state index contributed by atoms with van der Waals surface area (Å²) in [7, 11) is 0. The zero-order chi connectivity index (χ0) is 11.7. The lowest BCUT2D eigenvalue weighted by Gasteiger charge is -2.13. The number of ether oxygens (including phenoxy) is 1. The van der Waals surface area contributed by atoms with Crippen LogP contribution in [-0.2, 0) is 9.53 Å². The molecule has 3 heteroatoms. The second-order valence-corrected chi connectivity index (χ2v) is 4.31. The van der Waals surface area contributed by atoms with E-state index < -0.39 is 0 Å². The summed E-state index contributed by atoms with van der Waals surface area (Å²) >= 11 is 0. The number of esters is 1. The second kappa shape index (κ2) is 8.72. The normalized spacial score (nSPS) is 14.7. The maximum Gasteiger partial charge on any atom is 0.306 e. The highest BCUT2D eigenvalue weighted by molar-refractivity contribution is 5.69. The molecule has 0 spiro atoms. The van der Waals surface area contributed by atoms with Crippen LogP contribution in [0.5, 0.6) is 0 Å². The van der Waals surface area contributed by atoms with Crippen molar-refractivity contribution in [2.45, 2.75) is 59.0 Å². The smallest absolute Gasteiger partial charge is 0.306 e. The van der Waals surface area contributed by atoms with Crippen molar-refractivity contribution in [2.24, 2.45) is 11.7 Å². The average Bonchev–Trinajstić information content (AvgIpc) is 2.15. The molecule has 0 aliphatic rings. The molecule has 90 valence electrons. The highest BCUT2D eigenvalue weighted by atomic mass is 16.5. The molecule has 2 unspecified atom stereocenters. The number of carbonyl (C=O) groups excluding carboxylic acids is 1. The van der Waals surface area contributed by atoms with Crippen molar-refractivity contribution in [3.63, 3.8) is 0 Å². The summed E-state index contributed by atoms with van der Waals surface area (Å²) in [6.45, 7) is 6.86. The Morgan fingerprint density at radius 2 is 1.93 bits per heavy atom. The van der Waals surface area contributed by atoms with Gasteiger partial charge in [0.2, 0.25) is 0 Å². The van der Waals surface area contributed by atoms with Gasteiger partial charge >= 0.3 is 5.97 Å². The first-order valence-corrected chi connectivity index (χ1v) is 5.99. The van der Waals surface area contributed by atoms with Crippen molar-refractivity contribution in [3.05, 3.63) is 0 Å². The molecule has 0 aromatic carbocycles. The van der Waals surface area contributed by atoms with Gasteiger partial charge in [0.05, 0.1) is 6.10 Å². The first-order valence-electron chi connectivity index (χ1n) is 5.99. The molecule has 0 aliphatic heterocycles. The summed E-state index contributed by atoms with van der Waals surface area (Å²) in [5, 5.41) is 0. The first kappa shape index (κ1) is 14.4. The fraction of sp³-hybridized carbons (Fsp3) is 0.917. The highest BCUT2D eigenvalue weighted by Crippen LogP contribution is 2.11. The molecule has 0 amide bonds. The molecule has 0 fully saturated rings. The minimum Gasteiger partial charge on any atom is -0.463 e. The van der Waals surface area contributed by atoms with E-state index in [1.165, 1.54) is 0 Å². The maximum atomic E-state index is 11.4. The maximum absolute atomic E-state index is 11.4. The monoisotopic (exact) mass is 215 g/mol. The summed E-state index contributed by atoms with van der Waals surface area (Å²) in [6, 6.07) is 0. The minimum atomic E-state index is -0.0696. The molecule has 0 aromatic rings. The van der Waals surface area contributed by atoms with Crippen molar-refractivity contribution < 1.29 is 9.53 Å². The third-order valence-corrected chi connectivity index (χ3v) is 2.53.